The maximum Gasteiger partial charge on any atom is 0.281 e. The summed E-state index contributed by atoms with van der Waals surface area (Å²) in [4.78, 5) is 0. The first-order chi connectivity index (χ1) is 7.98. The van der Waals surface area contributed by atoms with Crippen LogP contribution in [0.5, 0.6) is 0 Å². The summed E-state index contributed by atoms with van der Waals surface area (Å²) in [5.41, 5.74) is 0. The smallest absolute Gasteiger partial charge is 0.198 e. The molecule has 1 rings (SSSR count). The molecule has 1 atom stereocenters. The highest BCUT2D eigenvalue weighted by Gasteiger charge is 2.28. The molecule has 0 radical (unpaired) electrons. The van der Waals surface area contributed by atoms with Crippen LogP contribution in [0.1, 0.15) is 32.6 Å². The Kier molecular flexibility index (Phi) is 5.37. The first-order valence-corrected chi connectivity index (χ1v) is 7.49. The monoisotopic (exact) mass is 259 g/mol. The lowest BCUT2D eigenvalue weighted by Crippen LogP contribution is -2.43. The van der Waals surface area contributed by atoms with Crippen molar-refractivity contribution in [3.63, 3.8) is 0 Å². The van der Waals surface area contributed by atoms with E-state index in [1.807, 2.05) is 0 Å². The van der Waals surface area contributed by atoms with Crippen LogP contribution in [0.3, 0.4) is 0 Å². The van der Waals surface area contributed by atoms with Gasteiger partial charge in [0.2, 0.25) is 0 Å². The summed E-state index contributed by atoms with van der Waals surface area (Å²) in [5.74, 6) is -0.276. The van der Waals surface area contributed by atoms with E-state index in [0.29, 0.717) is 13.1 Å². The van der Waals surface area contributed by atoms with E-state index in [9.17, 15) is 8.42 Å². The molecule has 0 aromatic carbocycles. The Morgan fingerprint density at radius 1 is 1.29 bits per heavy atom. The molecule has 5 nitrogen and oxygen atoms in total. The predicted molar refractivity (Wildman–Crippen MR) is 66.4 cm³/mol. The Morgan fingerprint density at radius 2 is 1.82 bits per heavy atom. The lowest BCUT2D eigenvalue weighted by atomic mass is 10.2. The van der Waals surface area contributed by atoms with Crippen LogP contribution in [0.25, 0.3) is 0 Å². The molecule has 0 saturated carbocycles. The maximum atomic E-state index is 12.2. The van der Waals surface area contributed by atoms with Crippen LogP contribution in [0.15, 0.2) is 0 Å². The van der Waals surface area contributed by atoms with Crippen molar-refractivity contribution in [3.05, 3.63) is 0 Å². The molecule has 0 amide bonds. The minimum atomic E-state index is -3.37. The molecule has 0 aliphatic carbocycles. The predicted octanol–water partition coefficient (Wildman–Crippen LogP) is 1.20. The minimum absolute atomic E-state index is 0.259. The average Bonchev–Trinajstić information content (AvgIpc) is 2.57. The lowest BCUT2D eigenvalue weighted by Gasteiger charge is -2.26. The third kappa shape index (κ3) is 3.95. The van der Waals surface area contributed by atoms with E-state index in [0.717, 1.165) is 25.7 Å². The second-order valence-electron chi connectivity index (χ2n) is 4.63. The molecule has 0 aromatic heterocycles. The molecule has 0 aromatic rings. The van der Waals surface area contributed by atoms with E-state index < -0.39 is 10.2 Å². The van der Waals surface area contributed by atoms with Crippen LogP contribution < -0.4 is 0 Å². The van der Waals surface area contributed by atoms with Gasteiger partial charge in [0.15, 0.2) is 0 Å². The first kappa shape index (κ1) is 14.4. The highest BCUT2D eigenvalue weighted by atomic mass is 32.2. The third-order valence-corrected chi connectivity index (χ3v) is 4.99. The van der Waals surface area contributed by atoms with Crippen LogP contribution >= 0.6 is 0 Å². The van der Waals surface area contributed by atoms with Crippen LogP contribution in [0.2, 0.25) is 0 Å². The van der Waals surface area contributed by atoms with Gasteiger partial charge in [-0.05, 0) is 19.8 Å². The molecule has 0 N–H and O–H groups in total. The van der Waals surface area contributed by atoms with Gasteiger partial charge in [0.1, 0.15) is 0 Å². The van der Waals surface area contributed by atoms with Gasteiger partial charge in [-0.3, -0.25) is 0 Å². The molecule has 6 heteroatoms. The molecule has 0 bridgehead atoms. The summed E-state index contributed by atoms with van der Waals surface area (Å²) in [5, 5.41) is 8.72. The highest BCUT2D eigenvalue weighted by Crippen LogP contribution is 2.16. The van der Waals surface area contributed by atoms with Gasteiger partial charge in [-0.15, -0.1) is 0 Å². The van der Waals surface area contributed by atoms with Gasteiger partial charge in [-0.1, -0.05) is 12.8 Å². The summed E-state index contributed by atoms with van der Waals surface area (Å²) in [7, 11) is -1.83. The third-order valence-electron chi connectivity index (χ3n) is 3.04. The van der Waals surface area contributed by atoms with Gasteiger partial charge in [0, 0.05) is 26.7 Å². The molecule has 1 heterocycles. The highest BCUT2D eigenvalue weighted by molar-refractivity contribution is 7.86. The normalized spacial score (nSPS) is 20.8. The molecule has 1 saturated heterocycles. The number of rotatable bonds is 4. The first-order valence-electron chi connectivity index (χ1n) is 6.09. The van der Waals surface area contributed by atoms with Crippen molar-refractivity contribution >= 4 is 10.2 Å². The summed E-state index contributed by atoms with van der Waals surface area (Å²) in [6.07, 6.45) is 4.07. The van der Waals surface area contributed by atoms with Crippen LogP contribution in [0.4, 0.5) is 0 Å². The fourth-order valence-electron chi connectivity index (χ4n) is 1.99. The second-order valence-corrected chi connectivity index (χ2v) is 6.67. The zero-order chi connectivity index (χ0) is 12.9. The van der Waals surface area contributed by atoms with Crippen LogP contribution in [0, 0.1) is 17.2 Å². The van der Waals surface area contributed by atoms with Gasteiger partial charge >= 0.3 is 0 Å². The van der Waals surface area contributed by atoms with E-state index in [1.54, 1.807) is 18.3 Å². The largest absolute Gasteiger partial charge is 0.281 e. The van der Waals surface area contributed by atoms with Crippen molar-refractivity contribution in [3.8, 4) is 6.07 Å². The van der Waals surface area contributed by atoms with Crippen LogP contribution in [-0.2, 0) is 10.2 Å². The molecule has 17 heavy (non-hydrogen) atoms. The molecule has 1 fully saturated rings. The topological polar surface area (TPSA) is 64.4 Å². The fraction of sp³-hybridized carbons (Fsp3) is 0.909. The maximum absolute atomic E-state index is 12.2. The standard InChI is InChI=1S/C11H21N3O2S/c1-11(9-12)10-13(2)17(15,16)14-7-5-3-4-6-8-14/h11H,3-8,10H2,1-2H3. The van der Waals surface area contributed by atoms with Gasteiger partial charge in [0.25, 0.3) is 10.2 Å². The van der Waals surface area contributed by atoms with E-state index >= 15 is 0 Å². The number of nitrogens with zero attached hydrogens (tertiary/aromatic N) is 3. The van der Waals surface area contributed by atoms with Crippen LogP contribution in [-0.4, -0.2) is 43.7 Å². The average molecular weight is 259 g/mol. The molecule has 1 aliphatic rings. The summed E-state index contributed by atoms with van der Waals surface area (Å²) >= 11 is 0. The number of hydrogen-bond acceptors (Lipinski definition) is 3. The molecule has 0 spiro atoms. The Morgan fingerprint density at radius 3 is 2.29 bits per heavy atom. The molecule has 1 unspecified atom stereocenters. The van der Waals surface area contributed by atoms with E-state index in [4.69, 9.17) is 5.26 Å². The number of hydrogen-bond donors (Lipinski definition) is 0. The zero-order valence-corrected chi connectivity index (χ0v) is 11.4. The zero-order valence-electron chi connectivity index (χ0n) is 10.6. The van der Waals surface area contributed by atoms with Crippen molar-refractivity contribution in [2.75, 3.05) is 26.7 Å². The number of nitriles is 1. The van der Waals surface area contributed by atoms with Gasteiger partial charge in [-0.2, -0.15) is 22.3 Å². The van der Waals surface area contributed by atoms with Crippen molar-refractivity contribution in [1.29, 1.82) is 5.26 Å². The summed E-state index contributed by atoms with van der Waals surface area (Å²) in [6.45, 7) is 3.20. The van der Waals surface area contributed by atoms with Crippen molar-refractivity contribution in [1.82, 2.24) is 8.61 Å². The van der Waals surface area contributed by atoms with Crippen molar-refractivity contribution < 1.29 is 8.42 Å². The quantitative estimate of drug-likeness (QED) is 0.762. The second kappa shape index (κ2) is 6.34. The Hall–Kier alpha value is -0.640. The molecule has 98 valence electrons. The molecular weight excluding hydrogens is 238 g/mol. The Bertz CT molecular complexity index is 367. The Labute approximate surface area is 104 Å². The minimum Gasteiger partial charge on any atom is -0.198 e. The van der Waals surface area contributed by atoms with Crippen molar-refractivity contribution in [2.45, 2.75) is 32.6 Å². The summed E-state index contributed by atoms with van der Waals surface area (Å²) in [6, 6.07) is 2.06. The molecular formula is C11H21N3O2S. The Balaban J connectivity index is 2.68. The summed E-state index contributed by atoms with van der Waals surface area (Å²) < 4.78 is 27.3. The van der Waals surface area contributed by atoms with Gasteiger partial charge in [0.05, 0.1) is 12.0 Å². The van der Waals surface area contributed by atoms with Gasteiger partial charge < -0.3 is 0 Å². The van der Waals surface area contributed by atoms with Crippen molar-refractivity contribution in [2.24, 2.45) is 5.92 Å². The fourth-order valence-corrected chi connectivity index (χ4v) is 3.52. The lowest BCUT2D eigenvalue weighted by molar-refractivity contribution is 0.355. The van der Waals surface area contributed by atoms with E-state index in [-0.39, 0.29) is 12.5 Å². The van der Waals surface area contributed by atoms with E-state index in [2.05, 4.69) is 6.07 Å². The van der Waals surface area contributed by atoms with E-state index in [1.165, 1.54) is 4.31 Å². The van der Waals surface area contributed by atoms with Gasteiger partial charge in [-0.25, -0.2) is 0 Å². The SMILES string of the molecule is CC(C#N)CN(C)S(=O)(=O)N1CCCCCC1. The molecule has 1 aliphatic heterocycles.